The second kappa shape index (κ2) is 10.0. The van der Waals surface area contributed by atoms with Gasteiger partial charge in [-0.25, -0.2) is 9.79 Å². The molecule has 8 heteroatoms. The second-order valence-corrected chi connectivity index (χ2v) is 8.74. The standard InChI is InChI=1S/C21H36N4O4/c1-6-22-18(24-15-21(5,27)17-8-7-13-28-17)23-14-16-9-11-25(12-10-16)19(26)29-20(2,3)4/h7-8,13,16,27H,6,9-12,14-15H2,1-5H3,(H2,22,23,24). The molecule has 0 aromatic carbocycles. The number of ether oxygens (including phenoxy) is 1. The van der Waals surface area contributed by atoms with E-state index in [1.807, 2.05) is 27.7 Å². The van der Waals surface area contributed by atoms with Crippen LogP contribution >= 0.6 is 0 Å². The van der Waals surface area contributed by atoms with Crippen LogP contribution in [0.15, 0.2) is 27.8 Å². The van der Waals surface area contributed by atoms with E-state index in [4.69, 9.17) is 9.15 Å². The molecule has 1 amide bonds. The van der Waals surface area contributed by atoms with Crippen molar-refractivity contribution in [2.75, 3.05) is 32.7 Å². The number of carbonyl (C=O) groups excluding carboxylic acids is 1. The molecule has 0 radical (unpaired) electrons. The topological polar surface area (TPSA) is 99.3 Å². The van der Waals surface area contributed by atoms with E-state index in [1.165, 1.54) is 0 Å². The minimum absolute atomic E-state index is 0.187. The van der Waals surface area contributed by atoms with E-state index in [-0.39, 0.29) is 12.6 Å². The van der Waals surface area contributed by atoms with Crippen molar-refractivity contribution in [3.8, 4) is 0 Å². The molecule has 1 aliphatic heterocycles. The van der Waals surface area contributed by atoms with Gasteiger partial charge in [0.25, 0.3) is 0 Å². The van der Waals surface area contributed by atoms with Crippen molar-refractivity contribution in [2.24, 2.45) is 10.9 Å². The van der Waals surface area contributed by atoms with Crippen LogP contribution < -0.4 is 10.6 Å². The van der Waals surface area contributed by atoms with Crippen LogP contribution in [0.25, 0.3) is 0 Å². The van der Waals surface area contributed by atoms with Crippen LogP contribution in [0.5, 0.6) is 0 Å². The number of guanidine groups is 1. The molecule has 1 aliphatic rings. The highest BCUT2D eigenvalue weighted by Gasteiger charge is 2.28. The zero-order valence-electron chi connectivity index (χ0n) is 18.3. The third-order valence-corrected chi connectivity index (χ3v) is 4.77. The summed E-state index contributed by atoms with van der Waals surface area (Å²) >= 11 is 0. The van der Waals surface area contributed by atoms with Crippen LogP contribution in [0, 0.1) is 5.92 Å². The Balaban J connectivity index is 1.81. The number of hydrogen-bond donors (Lipinski definition) is 3. The summed E-state index contributed by atoms with van der Waals surface area (Å²) in [5, 5.41) is 17.1. The van der Waals surface area contributed by atoms with E-state index in [9.17, 15) is 9.90 Å². The van der Waals surface area contributed by atoms with Crippen molar-refractivity contribution in [1.82, 2.24) is 15.5 Å². The molecular weight excluding hydrogens is 372 g/mol. The van der Waals surface area contributed by atoms with Gasteiger partial charge in [0.2, 0.25) is 0 Å². The predicted octanol–water partition coefficient (Wildman–Crippen LogP) is 2.69. The third kappa shape index (κ3) is 7.61. The molecule has 0 aliphatic carbocycles. The van der Waals surface area contributed by atoms with Gasteiger partial charge in [-0.3, -0.25) is 0 Å². The van der Waals surface area contributed by atoms with Crippen molar-refractivity contribution in [1.29, 1.82) is 0 Å². The molecule has 0 saturated carbocycles. The van der Waals surface area contributed by atoms with E-state index >= 15 is 0 Å². The van der Waals surface area contributed by atoms with E-state index in [2.05, 4.69) is 15.6 Å². The maximum Gasteiger partial charge on any atom is 0.410 e. The summed E-state index contributed by atoms with van der Waals surface area (Å²) in [4.78, 5) is 18.5. The number of rotatable bonds is 6. The number of aliphatic hydroxyl groups is 1. The average molecular weight is 409 g/mol. The lowest BCUT2D eigenvalue weighted by atomic mass is 9.97. The Morgan fingerprint density at radius 1 is 1.31 bits per heavy atom. The molecule has 29 heavy (non-hydrogen) atoms. The average Bonchev–Trinajstić information content (AvgIpc) is 3.19. The maximum absolute atomic E-state index is 12.2. The molecule has 0 spiro atoms. The van der Waals surface area contributed by atoms with E-state index in [1.54, 1.807) is 30.2 Å². The molecule has 1 aromatic rings. The summed E-state index contributed by atoms with van der Waals surface area (Å²) in [6, 6.07) is 3.49. The van der Waals surface area contributed by atoms with Crippen LogP contribution in [-0.4, -0.2) is 60.4 Å². The third-order valence-electron chi connectivity index (χ3n) is 4.77. The Hall–Kier alpha value is -2.22. The SMILES string of the molecule is CCNC(=NCC(C)(O)c1ccco1)NCC1CCN(C(=O)OC(C)(C)C)CC1. The van der Waals surface area contributed by atoms with E-state index in [0.29, 0.717) is 30.7 Å². The number of aliphatic imine (C=N–C) groups is 1. The molecule has 164 valence electrons. The molecular formula is C21H36N4O4. The number of carbonyl (C=O) groups is 1. The lowest BCUT2D eigenvalue weighted by Gasteiger charge is -2.33. The van der Waals surface area contributed by atoms with Crippen LogP contribution in [0.4, 0.5) is 4.79 Å². The lowest BCUT2D eigenvalue weighted by molar-refractivity contribution is 0.0185. The van der Waals surface area contributed by atoms with Gasteiger partial charge in [-0.05, 0) is 65.5 Å². The lowest BCUT2D eigenvalue weighted by Crippen LogP contribution is -2.45. The van der Waals surface area contributed by atoms with Gasteiger partial charge < -0.3 is 29.8 Å². The Morgan fingerprint density at radius 2 is 2.00 bits per heavy atom. The van der Waals surface area contributed by atoms with Crippen molar-refractivity contribution >= 4 is 12.1 Å². The monoisotopic (exact) mass is 408 g/mol. The first-order valence-corrected chi connectivity index (χ1v) is 10.4. The van der Waals surface area contributed by atoms with Gasteiger partial charge >= 0.3 is 6.09 Å². The molecule has 2 heterocycles. The zero-order chi connectivity index (χ0) is 21.5. The van der Waals surface area contributed by atoms with Gasteiger partial charge in [0.1, 0.15) is 17.0 Å². The van der Waals surface area contributed by atoms with Crippen LogP contribution in [0.2, 0.25) is 0 Å². The molecule has 1 unspecified atom stereocenters. The summed E-state index contributed by atoms with van der Waals surface area (Å²) in [6.07, 6.45) is 3.13. The van der Waals surface area contributed by atoms with Crippen LogP contribution in [-0.2, 0) is 10.3 Å². The quantitative estimate of drug-likeness (QED) is 0.494. The Morgan fingerprint density at radius 3 is 2.55 bits per heavy atom. The number of nitrogens with zero attached hydrogens (tertiary/aromatic N) is 2. The van der Waals surface area contributed by atoms with Crippen LogP contribution in [0.3, 0.4) is 0 Å². The minimum Gasteiger partial charge on any atom is -0.466 e. The molecule has 1 atom stereocenters. The first kappa shape index (κ1) is 23.1. The molecule has 1 saturated heterocycles. The van der Waals surface area contributed by atoms with Crippen LogP contribution in [0.1, 0.15) is 53.2 Å². The number of likely N-dealkylation sites (tertiary alicyclic amines) is 1. The fourth-order valence-electron chi connectivity index (χ4n) is 3.12. The highest BCUT2D eigenvalue weighted by molar-refractivity contribution is 5.79. The van der Waals surface area contributed by atoms with Gasteiger partial charge in [0.15, 0.2) is 5.96 Å². The highest BCUT2D eigenvalue weighted by Crippen LogP contribution is 2.21. The Bertz CT molecular complexity index is 657. The summed E-state index contributed by atoms with van der Waals surface area (Å²) in [7, 11) is 0. The van der Waals surface area contributed by atoms with Crippen molar-refractivity contribution in [3.63, 3.8) is 0 Å². The normalized spacial score (nSPS) is 18.3. The Labute approximate surface area is 173 Å². The summed E-state index contributed by atoms with van der Waals surface area (Å²) in [5.41, 5.74) is -1.63. The number of furan rings is 1. The number of piperidine rings is 1. The molecule has 1 fully saturated rings. The summed E-state index contributed by atoms with van der Waals surface area (Å²) < 4.78 is 10.8. The first-order chi connectivity index (χ1) is 13.6. The minimum atomic E-state index is -1.16. The van der Waals surface area contributed by atoms with Gasteiger partial charge in [-0.2, -0.15) is 0 Å². The number of hydrogen-bond acceptors (Lipinski definition) is 5. The van der Waals surface area contributed by atoms with Gasteiger partial charge in [-0.15, -0.1) is 0 Å². The van der Waals surface area contributed by atoms with Crippen molar-refractivity contribution in [3.05, 3.63) is 24.2 Å². The fraction of sp³-hybridized carbons (Fsp3) is 0.714. The predicted molar refractivity (Wildman–Crippen MR) is 113 cm³/mol. The van der Waals surface area contributed by atoms with Gasteiger partial charge in [0.05, 0.1) is 12.8 Å². The highest BCUT2D eigenvalue weighted by atomic mass is 16.6. The zero-order valence-corrected chi connectivity index (χ0v) is 18.3. The number of nitrogens with one attached hydrogen (secondary N) is 2. The Kier molecular flexibility index (Phi) is 7.96. The van der Waals surface area contributed by atoms with Gasteiger partial charge in [-0.1, -0.05) is 0 Å². The molecule has 8 nitrogen and oxygen atoms in total. The van der Waals surface area contributed by atoms with E-state index < -0.39 is 11.2 Å². The maximum atomic E-state index is 12.2. The van der Waals surface area contributed by atoms with Crippen molar-refractivity contribution in [2.45, 2.75) is 58.7 Å². The first-order valence-electron chi connectivity index (χ1n) is 10.4. The molecule has 3 N–H and O–H groups in total. The van der Waals surface area contributed by atoms with E-state index in [0.717, 1.165) is 25.9 Å². The van der Waals surface area contributed by atoms with Crippen molar-refractivity contribution < 1.29 is 19.1 Å². The molecule has 1 aromatic heterocycles. The fourth-order valence-corrected chi connectivity index (χ4v) is 3.12. The number of amides is 1. The summed E-state index contributed by atoms with van der Waals surface area (Å²) in [6.45, 7) is 12.4. The molecule has 2 rings (SSSR count). The second-order valence-electron chi connectivity index (χ2n) is 8.74. The molecule has 0 bridgehead atoms. The smallest absolute Gasteiger partial charge is 0.410 e. The van der Waals surface area contributed by atoms with Gasteiger partial charge in [0, 0.05) is 26.2 Å². The summed E-state index contributed by atoms with van der Waals surface area (Å²) in [5.74, 6) is 1.60. The largest absolute Gasteiger partial charge is 0.466 e.